The molecule has 0 radical (unpaired) electrons. The van der Waals surface area contributed by atoms with Gasteiger partial charge in [-0.1, -0.05) is 0 Å². The molecule has 5 atom stereocenters. The zero-order valence-corrected chi connectivity index (χ0v) is 13.1. The summed E-state index contributed by atoms with van der Waals surface area (Å²) >= 11 is 0. The minimum Gasteiger partial charge on any atom is -0.497 e. The lowest BCUT2D eigenvalue weighted by Crippen LogP contribution is -2.35. The summed E-state index contributed by atoms with van der Waals surface area (Å²) in [7, 11) is 3.12. The molecular weight excluding hydrogens is 298 g/mol. The molecule has 2 bridgehead atoms. The number of benzene rings is 1. The monoisotopic (exact) mass is 317 g/mol. The van der Waals surface area contributed by atoms with E-state index in [1.807, 2.05) is 0 Å². The molecule has 1 aromatic carbocycles. The van der Waals surface area contributed by atoms with E-state index in [-0.39, 0.29) is 41.7 Å². The van der Waals surface area contributed by atoms with Crippen LogP contribution in [0.2, 0.25) is 0 Å². The average Bonchev–Trinajstić information content (AvgIpc) is 3.16. The van der Waals surface area contributed by atoms with Crippen LogP contribution in [0.25, 0.3) is 0 Å². The Morgan fingerprint density at radius 2 is 2.09 bits per heavy atom. The van der Waals surface area contributed by atoms with Crippen LogP contribution in [-0.4, -0.2) is 32.2 Å². The van der Waals surface area contributed by atoms with Gasteiger partial charge >= 0.3 is 5.97 Å². The van der Waals surface area contributed by atoms with E-state index in [0.29, 0.717) is 17.2 Å². The average molecular weight is 317 g/mol. The molecule has 1 saturated heterocycles. The number of amides is 1. The Morgan fingerprint density at radius 1 is 1.26 bits per heavy atom. The smallest absolute Gasteiger partial charge is 0.310 e. The molecule has 1 N–H and O–H groups in total. The molecule has 2 aliphatic carbocycles. The van der Waals surface area contributed by atoms with Crippen LogP contribution in [0.15, 0.2) is 18.2 Å². The lowest BCUT2D eigenvalue weighted by atomic mass is 9.79. The lowest BCUT2D eigenvalue weighted by molar-refractivity contribution is -0.145. The number of ether oxygens (including phenoxy) is 3. The van der Waals surface area contributed by atoms with Crippen LogP contribution < -0.4 is 14.8 Å². The van der Waals surface area contributed by atoms with Gasteiger partial charge in [0.15, 0.2) is 0 Å². The third-order valence-corrected chi connectivity index (χ3v) is 5.45. The number of esters is 1. The van der Waals surface area contributed by atoms with E-state index in [2.05, 4.69) is 5.32 Å². The standard InChI is InChI=1S/C17H19NO5/c1-21-9-3-4-11(13(7-9)22-2)18-16(19)14-8-5-10-12(6-8)23-17(20)15(10)14/h3-4,7-8,10,12,14-15H,5-6H2,1-2H3,(H,18,19)/t8-,10-,12-,14-,15+/m1/s1. The summed E-state index contributed by atoms with van der Waals surface area (Å²) in [6, 6.07) is 5.23. The van der Waals surface area contributed by atoms with Crippen molar-refractivity contribution in [3.63, 3.8) is 0 Å². The number of hydrogen-bond donors (Lipinski definition) is 1. The molecule has 0 spiro atoms. The van der Waals surface area contributed by atoms with Gasteiger partial charge in [-0.3, -0.25) is 9.59 Å². The highest BCUT2D eigenvalue weighted by molar-refractivity contribution is 5.98. The Hall–Kier alpha value is -2.24. The second-order valence-electron chi connectivity index (χ2n) is 6.48. The van der Waals surface area contributed by atoms with Crippen molar-refractivity contribution in [1.82, 2.24) is 0 Å². The quantitative estimate of drug-likeness (QED) is 0.858. The number of nitrogens with one attached hydrogen (secondary N) is 1. The largest absolute Gasteiger partial charge is 0.497 e. The molecule has 6 nitrogen and oxygen atoms in total. The van der Waals surface area contributed by atoms with Gasteiger partial charge in [-0.2, -0.15) is 0 Å². The normalized spacial score (nSPS) is 33.5. The molecule has 1 aromatic rings. The SMILES string of the molecule is COc1ccc(NC(=O)[C@@H]2[C@@H]3C[C@H]4[C@@H]2C(=O)O[C@@H]4C3)c(OC)c1. The molecule has 3 fully saturated rings. The summed E-state index contributed by atoms with van der Waals surface area (Å²) in [5.74, 6) is 0.757. The predicted octanol–water partition coefficient (Wildman–Crippen LogP) is 1.84. The van der Waals surface area contributed by atoms with E-state index in [1.54, 1.807) is 32.4 Å². The Kier molecular flexibility index (Phi) is 3.21. The lowest BCUT2D eigenvalue weighted by Gasteiger charge is -2.24. The maximum Gasteiger partial charge on any atom is 0.310 e. The number of rotatable bonds is 4. The molecule has 1 heterocycles. The first-order chi connectivity index (χ1) is 11.1. The fraction of sp³-hybridized carbons (Fsp3) is 0.529. The van der Waals surface area contributed by atoms with Gasteiger partial charge in [0.25, 0.3) is 0 Å². The summed E-state index contributed by atoms with van der Waals surface area (Å²) in [5, 5.41) is 2.92. The summed E-state index contributed by atoms with van der Waals surface area (Å²) in [6.07, 6.45) is 1.76. The van der Waals surface area contributed by atoms with Gasteiger partial charge in [-0.25, -0.2) is 0 Å². The first-order valence-corrected chi connectivity index (χ1v) is 7.85. The number of methoxy groups -OCH3 is 2. The van der Waals surface area contributed by atoms with Crippen molar-refractivity contribution in [1.29, 1.82) is 0 Å². The zero-order valence-electron chi connectivity index (χ0n) is 13.1. The number of anilines is 1. The van der Waals surface area contributed by atoms with Crippen LogP contribution >= 0.6 is 0 Å². The van der Waals surface area contributed by atoms with E-state index in [9.17, 15) is 9.59 Å². The van der Waals surface area contributed by atoms with Crippen LogP contribution in [0, 0.1) is 23.7 Å². The van der Waals surface area contributed by atoms with Crippen molar-refractivity contribution in [3.8, 4) is 11.5 Å². The van der Waals surface area contributed by atoms with Crippen LogP contribution in [0.1, 0.15) is 12.8 Å². The topological polar surface area (TPSA) is 73.9 Å². The Morgan fingerprint density at radius 3 is 2.83 bits per heavy atom. The predicted molar refractivity (Wildman–Crippen MR) is 81.2 cm³/mol. The van der Waals surface area contributed by atoms with Crippen molar-refractivity contribution in [2.24, 2.45) is 23.7 Å². The molecule has 3 aliphatic rings. The molecule has 0 unspecified atom stereocenters. The zero-order chi connectivity index (χ0) is 16.1. The van der Waals surface area contributed by atoms with Crippen molar-refractivity contribution in [3.05, 3.63) is 18.2 Å². The molecule has 0 aromatic heterocycles. The van der Waals surface area contributed by atoms with E-state index in [1.165, 1.54) is 0 Å². The summed E-state index contributed by atoms with van der Waals surface area (Å²) in [4.78, 5) is 24.8. The van der Waals surface area contributed by atoms with E-state index < -0.39 is 0 Å². The number of fused-ring (bicyclic) bond motifs is 1. The van der Waals surface area contributed by atoms with Crippen molar-refractivity contribution in [2.75, 3.05) is 19.5 Å². The maximum atomic E-state index is 12.8. The van der Waals surface area contributed by atoms with Crippen LogP contribution in [0.3, 0.4) is 0 Å². The molecule has 4 rings (SSSR count). The van der Waals surface area contributed by atoms with Gasteiger partial charge in [0, 0.05) is 12.0 Å². The summed E-state index contributed by atoms with van der Waals surface area (Å²) < 4.78 is 15.9. The highest BCUT2D eigenvalue weighted by Crippen LogP contribution is 2.57. The van der Waals surface area contributed by atoms with Crippen molar-refractivity contribution in [2.45, 2.75) is 18.9 Å². The number of carbonyl (C=O) groups excluding carboxylic acids is 2. The molecule has 6 heteroatoms. The molecular formula is C17H19NO5. The Bertz CT molecular complexity index is 671. The van der Waals surface area contributed by atoms with E-state index >= 15 is 0 Å². The van der Waals surface area contributed by atoms with Crippen LogP contribution in [0.5, 0.6) is 11.5 Å². The molecule has 122 valence electrons. The molecule has 2 saturated carbocycles. The third kappa shape index (κ3) is 2.08. The summed E-state index contributed by atoms with van der Waals surface area (Å²) in [5.41, 5.74) is 0.587. The van der Waals surface area contributed by atoms with Crippen LogP contribution in [0.4, 0.5) is 5.69 Å². The first kappa shape index (κ1) is 14.4. The van der Waals surface area contributed by atoms with Gasteiger partial charge in [0.1, 0.15) is 17.6 Å². The van der Waals surface area contributed by atoms with E-state index in [4.69, 9.17) is 14.2 Å². The number of carbonyl (C=O) groups is 2. The Labute approximate surface area is 134 Å². The first-order valence-electron chi connectivity index (χ1n) is 7.85. The minimum atomic E-state index is -0.293. The van der Waals surface area contributed by atoms with Gasteiger partial charge in [0.2, 0.25) is 5.91 Å². The fourth-order valence-electron chi connectivity index (χ4n) is 4.48. The molecule has 23 heavy (non-hydrogen) atoms. The Balaban J connectivity index is 1.56. The van der Waals surface area contributed by atoms with Crippen molar-refractivity contribution >= 4 is 17.6 Å². The third-order valence-electron chi connectivity index (χ3n) is 5.45. The van der Waals surface area contributed by atoms with Crippen LogP contribution in [-0.2, 0) is 14.3 Å². The highest BCUT2D eigenvalue weighted by Gasteiger charge is 2.63. The van der Waals surface area contributed by atoms with Gasteiger partial charge < -0.3 is 19.5 Å². The fourth-order valence-corrected chi connectivity index (χ4v) is 4.48. The highest BCUT2D eigenvalue weighted by atomic mass is 16.6. The second kappa shape index (κ2) is 5.15. The van der Waals surface area contributed by atoms with Gasteiger partial charge in [-0.05, 0) is 30.9 Å². The summed E-state index contributed by atoms with van der Waals surface area (Å²) in [6.45, 7) is 0. The van der Waals surface area contributed by atoms with Crippen molar-refractivity contribution < 1.29 is 23.8 Å². The number of hydrogen-bond acceptors (Lipinski definition) is 5. The second-order valence-corrected chi connectivity index (χ2v) is 6.48. The van der Waals surface area contributed by atoms with E-state index in [0.717, 1.165) is 12.8 Å². The molecule has 1 aliphatic heterocycles. The molecule has 1 amide bonds. The van der Waals surface area contributed by atoms with Gasteiger partial charge in [0.05, 0.1) is 31.7 Å². The minimum absolute atomic E-state index is 0.0390. The van der Waals surface area contributed by atoms with Gasteiger partial charge in [-0.15, -0.1) is 0 Å². The maximum absolute atomic E-state index is 12.8.